The predicted octanol–water partition coefficient (Wildman–Crippen LogP) is 1.33. The molecule has 2 nitrogen and oxygen atoms in total. The zero-order valence-electron chi connectivity index (χ0n) is 5.06. The van der Waals surface area contributed by atoms with Crippen molar-refractivity contribution in [1.29, 1.82) is 0 Å². The van der Waals surface area contributed by atoms with Crippen molar-refractivity contribution < 1.29 is 5.48 Å². The Balaban J connectivity index is 0.000000640. The molecule has 50 valence electrons. The first-order valence-electron chi connectivity index (χ1n) is 2.37. The van der Waals surface area contributed by atoms with Crippen LogP contribution < -0.4 is 0 Å². The molecule has 0 spiro atoms. The van der Waals surface area contributed by atoms with Gasteiger partial charge in [0, 0.05) is 6.20 Å². The fourth-order valence-electron chi connectivity index (χ4n) is 0.499. The van der Waals surface area contributed by atoms with E-state index in [1.165, 1.54) is 5.56 Å². The lowest BCUT2D eigenvalue weighted by atomic mass is 10.3. The minimum Gasteiger partial charge on any atom is -0.412 e. The SMILES string of the molecule is Cc1ccnc(Br)c1.O. The number of halogens is 1. The van der Waals surface area contributed by atoms with Gasteiger partial charge >= 0.3 is 0 Å². The normalized spacial score (nSPS) is 8.22. The lowest BCUT2D eigenvalue weighted by molar-refractivity contribution is 0.824. The number of hydrogen-bond donors (Lipinski definition) is 0. The maximum absolute atomic E-state index is 3.96. The summed E-state index contributed by atoms with van der Waals surface area (Å²) < 4.78 is 0.900. The quantitative estimate of drug-likeness (QED) is 0.569. The molecule has 1 heterocycles. The molecule has 0 radical (unpaired) electrons. The molecule has 9 heavy (non-hydrogen) atoms. The first-order valence-corrected chi connectivity index (χ1v) is 3.16. The summed E-state index contributed by atoms with van der Waals surface area (Å²) in [5.41, 5.74) is 1.23. The molecule has 0 unspecified atom stereocenters. The number of pyridine rings is 1. The fourth-order valence-corrected chi connectivity index (χ4v) is 0.979. The van der Waals surface area contributed by atoms with Crippen molar-refractivity contribution in [3.63, 3.8) is 0 Å². The predicted molar refractivity (Wildman–Crippen MR) is 40.3 cm³/mol. The number of nitrogens with zero attached hydrogens (tertiary/aromatic N) is 1. The van der Waals surface area contributed by atoms with E-state index in [1.54, 1.807) is 6.20 Å². The van der Waals surface area contributed by atoms with Crippen LogP contribution in [0.4, 0.5) is 0 Å². The Morgan fingerprint density at radius 1 is 1.56 bits per heavy atom. The summed E-state index contributed by atoms with van der Waals surface area (Å²) in [6.45, 7) is 2.03. The Morgan fingerprint density at radius 3 is 2.56 bits per heavy atom. The Morgan fingerprint density at radius 2 is 2.22 bits per heavy atom. The van der Waals surface area contributed by atoms with Crippen LogP contribution in [0.15, 0.2) is 22.9 Å². The van der Waals surface area contributed by atoms with Gasteiger partial charge in [-0.3, -0.25) is 0 Å². The van der Waals surface area contributed by atoms with Crippen LogP contribution in [0.5, 0.6) is 0 Å². The monoisotopic (exact) mass is 189 g/mol. The van der Waals surface area contributed by atoms with Crippen molar-refractivity contribution >= 4 is 15.9 Å². The molecule has 2 N–H and O–H groups in total. The second-order valence-electron chi connectivity index (χ2n) is 1.66. The molecule has 0 bridgehead atoms. The summed E-state index contributed by atoms with van der Waals surface area (Å²) in [6.07, 6.45) is 1.78. The highest BCUT2D eigenvalue weighted by molar-refractivity contribution is 9.10. The van der Waals surface area contributed by atoms with Gasteiger partial charge in [-0.1, -0.05) is 0 Å². The van der Waals surface area contributed by atoms with E-state index < -0.39 is 0 Å². The van der Waals surface area contributed by atoms with Crippen LogP contribution in [-0.2, 0) is 0 Å². The van der Waals surface area contributed by atoms with Crippen LogP contribution >= 0.6 is 15.9 Å². The molecule has 1 rings (SSSR count). The van der Waals surface area contributed by atoms with Gasteiger partial charge in [-0.2, -0.15) is 0 Å². The highest BCUT2D eigenvalue weighted by Crippen LogP contribution is 2.05. The Kier molecular flexibility index (Phi) is 3.42. The molecule has 0 saturated carbocycles. The summed E-state index contributed by atoms with van der Waals surface area (Å²) in [5, 5.41) is 0. The number of hydrogen-bond acceptors (Lipinski definition) is 1. The average molecular weight is 190 g/mol. The highest BCUT2D eigenvalue weighted by Gasteiger charge is 1.83. The number of aryl methyl sites for hydroxylation is 1. The van der Waals surface area contributed by atoms with Gasteiger partial charge in [0.1, 0.15) is 4.60 Å². The van der Waals surface area contributed by atoms with E-state index in [-0.39, 0.29) is 5.48 Å². The van der Waals surface area contributed by atoms with Crippen LogP contribution in [0, 0.1) is 6.92 Å². The van der Waals surface area contributed by atoms with E-state index in [0.29, 0.717) is 0 Å². The first-order chi connectivity index (χ1) is 3.79. The molecule has 1 aromatic heterocycles. The molecule has 0 fully saturated rings. The zero-order valence-corrected chi connectivity index (χ0v) is 6.64. The van der Waals surface area contributed by atoms with Gasteiger partial charge in [-0.05, 0) is 40.5 Å². The van der Waals surface area contributed by atoms with Gasteiger partial charge in [0.2, 0.25) is 0 Å². The van der Waals surface area contributed by atoms with Gasteiger partial charge in [0.05, 0.1) is 0 Å². The standard InChI is InChI=1S/C6H6BrN.H2O/c1-5-2-3-8-6(7)4-5;/h2-4H,1H3;1H2. The smallest absolute Gasteiger partial charge is 0.106 e. The van der Waals surface area contributed by atoms with E-state index in [4.69, 9.17) is 0 Å². The third-order valence-corrected chi connectivity index (χ3v) is 1.32. The Hall–Kier alpha value is -0.410. The summed E-state index contributed by atoms with van der Waals surface area (Å²) >= 11 is 3.25. The van der Waals surface area contributed by atoms with Crippen molar-refractivity contribution in [3.05, 3.63) is 28.5 Å². The molecule has 0 atom stereocenters. The molecule has 0 aliphatic rings. The maximum atomic E-state index is 3.96. The van der Waals surface area contributed by atoms with E-state index in [2.05, 4.69) is 20.9 Å². The number of aromatic nitrogens is 1. The van der Waals surface area contributed by atoms with Crippen LogP contribution in [0.1, 0.15) is 5.56 Å². The minimum atomic E-state index is 0. The van der Waals surface area contributed by atoms with Crippen LogP contribution in [0.3, 0.4) is 0 Å². The Labute approximate surface area is 62.4 Å². The molecule has 0 saturated heterocycles. The summed E-state index contributed by atoms with van der Waals surface area (Å²) in [4.78, 5) is 3.96. The lowest BCUT2D eigenvalue weighted by Gasteiger charge is -1.88. The van der Waals surface area contributed by atoms with Crippen molar-refractivity contribution in [1.82, 2.24) is 4.98 Å². The summed E-state index contributed by atoms with van der Waals surface area (Å²) in [6, 6.07) is 3.94. The van der Waals surface area contributed by atoms with E-state index in [9.17, 15) is 0 Å². The van der Waals surface area contributed by atoms with Gasteiger partial charge in [0.25, 0.3) is 0 Å². The van der Waals surface area contributed by atoms with Crippen molar-refractivity contribution in [2.45, 2.75) is 6.92 Å². The highest BCUT2D eigenvalue weighted by atomic mass is 79.9. The second kappa shape index (κ2) is 3.58. The van der Waals surface area contributed by atoms with E-state index in [0.717, 1.165) is 4.60 Å². The molecule has 3 heteroatoms. The summed E-state index contributed by atoms with van der Waals surface area (Å²) in [7, 11) is 0. The minimum absolute atomic E-state index is 0. The Bertz CT molecular complexity index is 173. The molecular weight excluding hydrogens is 182 g/mol. The largest absolute Gasteiger partial charge is 0.412 e. The van der Waals surface area contributed by atoms with Crippen LogP contribution in [0.25, 0.3) is 0 Å². The average Bonchev–Trinajstić information content (AvgIpc) is 1.64. The van der Waals surface area contributed by atoms with Crippen LogP contribution in [0.2, 0.25) is 0 Å². The van der Waals surface area contributed by atoms with Crippen LogP contribution in [-0.4, -0.2) is 10.5 Å². The maximum Gasteiger partial charge on any atom is 0.106 e. The number of rotatable bonds is 0. The van der Waals surface area contributed by atoms with Crippen molar-refractivity contribution in [2.75, 3.05) is 0 Å². The molecule has 0 aliphatic heterocycles. The zero-order chi connectivity index (χ0) is 5.98. The molecule has 0 aliphatic carbocycles. The van der Waals surface area contributed by atoms with Gasteiger partial charge in [0.15, 0.2) is 0 Å². The van der Waals surface area contributed by atoms with Gasteiger partial charge in [-0.25, -0.2) is 4.98 Å². The topological polar surface area (TPSA) is 44.4 Å². The lowest BCUT2D eigenvalue weighted by Crippen LogP contribution is -1.73. The molecular formula is C6H8BrNO. The fraction of sp³-hybridized carbons (Fsp3) is 0.167. The van der Waals surface area contributed by atoms with E-state index >= 15 is 0 Å². The third-order valence-electron chi connectivity index (χ3n) is 0.882. The molecule has 1 aromatic rings. The summed E-state index contributed by atoms with van der Waals surface area (Å²) in [5.74, 6) is 0. The van der Waals surface area contributed by atoms with E-state index in [1.807, 2.05) is 19.1 Å². The first kappa shape index (κ1) is 8.59. The second-order valence-corrected chi connectivity index (χ2v) is 2.47. The van der Waals surface area contributed by atoms with Crippen molar-refractivity contribution in [3.8, 4) is 0 Å². The third kappa shape index (κ3) is 2.58. The van der Waals surface area contributed by atoms with Gasteiger partial charge in [-0.15, -0.1) is 0 Å². The molecule has 0 aromatic carbocycles. The molecule has 0 amide bonds. The van der Waals surface area contributed by atoms with Gasteiger partial charge < -0.3 is 5.48 Å². The van der Waals surface area contributed by atoms with Crippen molar-refractivity contribution in [2.24, 2.45) is 0 Å².